The number of hydrogen-bond acceptors (Lipinski definition) is 4. The number of hydrogen-bond donors (Lipinski definition) is 0. The number of ketones is 1. The van der Waals surface area contributed by atoms with Gasteiger partial charge >= 0.3 is 5.97 Å². The number of rotatable bonds is 5. The van der Waals surface area contributed by atoms with E-state index in [2.05, 4.69) is 6.58 Å². The van der Waals surface area contributed by atoms with E-state index in [1.165, 1.54) is 19.1 Å². The molecule has 0 bridgehead atoms. The number of esters is 1. The summed E-state index contributed by atoms with van der Waals surface area (Å²) in [6.07, 6.45) is 5.72. The molecular formula is C12H16O4. The van der Waals surface area contributed by atoms with Crippen LogP contribution in [-0.2, 0) is 19.1 Å². The lowest BCUT2D eigenvalue weighted by molar-refractivity contribution is -0.180. The van der Waals surface area contributed by atoms with Gasteiger partial charge in [0.05, 0.1) is 0 Å². The Hall–Kier alpha value is -1.42. The predicted molar refractivity (Wildman–Crippen MR) is 58.6 cm³/mol. The maximum Gasteiger partial charge on any atom is 0.305 e. The maximum atomic E-state index is 11.4. The number of ether oxygens (including phenoxy) is 2. The first-order valence-electron chi connectivity index (χ1n) is 5.29. The van der Waals surface area contributed by atoms with Crippen LogP contribution in [0.3, 0.4) is 0 Å². The van der Waals surface area contributed by atoms with E-state index in [1.54, 1.807) is 6.08 Å². The Morgan fingerprint density at radius 1 is 1.69 bits per heavy atom. The number of carbonyl (C=O) groups excluding carboxylic acids is 2. The first kappa shape index (κ1) is 12.6. The van der Waals surface area contributed by atoms with Gasteiger partial charge < -0.3 is 9.47 Å². The predicted octanol–water partition coefficient (Wildman–Crippen LogP) is 1.76. The fourth-order valence-electron chi connectivity index (χ4n) is 1.44. The molecule has 0 aromatic carbocycles. The molecule has 0 aliphatic carbocycles. The van der Waals surface area contributed by atoms with Gasteiger partial charge in [0.2, 0.25) is 6.29 Å². The van der Waals surface area contributed by atoms with E-state index in [-0.39, 0.29) is 5.78 Å². The van der Waals surface area contributed by atoms with Gasteiger partial charge in [-0.1, -0.05) is 6.08 Å². The highest BCUT2D eigenvalue weighted by molar-refractivity contribution is 5.94. The van der Waals surface area contributed by atoms with Crippen molar-refractivity contribution in [3.05, 3.63) is 24.8 Å². The highest BCUT2D eigenvalue weighted by Gasteiger charge is 2.25. The van der Waals surface area contributed by atoms with E-state index in [9.17, 15) is 9.59 Å². The maximum absolute atomic E-state index is 11.4. The Kier molecular flexibility index (Phi) is 4.92. The van der Waals surface area contributed by atoms with E-state index in [4.69, 9.17) is 9.47 Å². The smallest absolute Gasteiger partial charge is 0.305 e. The zero-order valence-corrected chi connectivity index (χ0v) is 9.35. The van der Waals surface area contributed by atoms with Crippen molar-refractivity contribution >= 4 is 11.8 Å². The minimum atomic E-state index is -0.732. The Morgan fingerprint density at radius 2 is 2.44 bits per heavy atom. The molecule has 0 N–H and O–H groups in total. The second-order valence-electron chi connectivity index (χ2n) is 3.58. The van der Waals surface area contributed by atoms with Crippen LogP contribution in [0.5, 0.6) is 0 Å². The van der Waals surface area contributed by atoms with Crippen LogP contribution in [0.2, 0.25) is 0 Å². The van der Waals surface area contributed by atoms with Crippen LogP contribution in [0, 0.1) is 0 Å². The van der Waals surface area contributed by atoms with Crippen molar-refractivity contribution in [3.8, 4) is 0 Å². The fraction of sp³-hybridized carbons (Fsp3) is 0.500. The number of allylic oxidation sites excluding steroid dienone is 1. The van der Waals surface area contributed by atoms with Crippen LogP contribution in [0.4, 0.5) is 0 Å². The molecule has 0 spiro atoms. The first-order valence-corrected chi connectivity index (χ1v) is 5.29. The third kappa shape index (κ3) is 3.98. The van der Waals surface area contributed by atoms with Crippen molar-refractivity contribution in [2.75, 3.05) is 0 Å². The van der Waals surface area contributed by atoms with E-state index in [0.717, 1.165) is 12.8 Å². The molecule has 16 heavy (non-hydrogen) atoms. The molecule has 0 amide bonds. The van der Waals surface area contributed by atoms with Crippen LogP contribution in [0.1, 0.15) is 26.2 Å². The summed E-state index contributed by atoms with van der Waals surface area (Å²) in [5, 5.41) is 0. The summed E-state index contributed by atoms with van der Waals surface area (Å²) in [7, 11) is 0. The van der Waals surface area contributed by atoms with Crippen LogP contribution in [-0.4, -0.2) is 24.1 Å². The summed E-state index contributed by atoms with van der Waals surface area (Å²) in [6, 6.07) is 0. The molecule has 88 valence electrons. The largest absolute Gasteiger partial charge is 0.432 e. The van der Waals surface area contributed by atoms with E-state index in [0.29, 0.717) is 6.42 Å². The van der Waals surface area contributed by atoms with Gasteiger partial charge in [0.25, 0.3) is 0 Å². The summed E-state index contributed by atoms with van der Waals surface area (Å²) < 4.78 is 10.2. The second kappa shape index (κ2) is 6.23. The van der Waals surface area contributed by atoms with Crippen molar-refractivity contribution < 1.29 is 19.1 Å². The van der Waals surface area contributed by atoms with Crippen LogP contribution in [0.25, 0.3) is 0 Å². The minimum Gasteiger partial charge on any atom is -0.432 e. The van der Waals surface area contributed by atoms with Gasteiger partial charge in [-0.3, -0.25) is 9.59 Å². The zero-order valence-electron chi connectivity index (χ0n) is 9.35. The normalized spacial score (nSPS) is 24.2. The Morgan fingerprint density at radius 3 is 3.06 bits per heavy atom. The molecule has 0 aromatic heterocycles. The van der Waals surface area contributed by atoms with E-state index < -0.39 is 18.4 Å². The van der Waals surface area contributed by atoms with Gasteiger partial charge in [-0.05, 0) is 31.4 Å². The van der Waals surface area contributed by atoms with E-state index in [1.807, 2.05) is 0 Å². The van der Waals surface area contributed by atoms with Crippen LogP contribution in [0.15, 0.2) is 24.8 Å². The molecule has 4 heteroatoms. The molecule has 0 saturated heterocycles. The van der Waals surface area contributed by atoms with Gasteiger partial charge in [-0.2, -0.15) is 0 Å². The van der Waals surface area contributed by atoms with E-state index >= 15 is 0 Å². The number of carbonyl (C=O) groups is 2. The summed E-state index contributed by atoms with van der Waals surface area (Å²) in [6.45, 7) is 4.91. The summed E-state index contributed by atoms with van der Waals surface area (Å²) in [5.41, 5.74) is 0. The minimum absolute atomic E-state index is 0.0764. The molecular weight excluding hydrogens is 208 g/mol. The molecule has 1 aliphatic rings. The average molecular weight is 224 g/mol. The summed E-state index contributed by atoms with van der Waals surface area (Å²) >= 11 is 0. The second-order valence-corrected chi connectivity index (χ2v) is 3.58. The lowest BCUT2D eigenvalue weighted by Crippen LogP contribution is -2.33. The number of unbranched alkanes of at least 4 members (excludes halogenated alkanes) is 1. The molecule has 1 heterocycles. The quantitative estimate of drug-likeness (QED) is 0.405. The summed E-state index contributed by atoms with van der Waals surface area (Å²) in [5.74, 6) is -0.499. The highest BCUT2D eigenvalue weighted by Crippen LogP contribution is 2.16. The Bertz CT molecular complexity index is 306. The molecule has 0 fully saturated rings. The topological polar surface area (TPSA) is 52.6 Å². The molecule has 0 aromatic rings. The lowest BCUT2D eigenvalue weighted by Gasteiger charge is -2.24. The molecule has 2 atom stereocenters. The van der Waals surface area contributed by atoms with Gasteiger partial charge in [0, 0.05) is 6.92 Å². The standard InChI is InChI=1S/C12H16O4/c1-3-4-5-6-11-10(14)7-8-12(16-11)15-9(2)13/h3,7-8,11-12H,1,4-6H2,2H3. The summed E-state index contributed by atoms with van der Waals surface area (Å²) in [4.78, 5) is 22.2. The fourth-order valence-corrected chi connectivity index (χ4v) is 1.44. The monoisotopic (exact) mass is 224 g/mol. The van der Waals surface area contributed by atoms with Crippen molar-refractivity contribution in [2.45, 2.75) is 38.6 Å². The zero-order chi connectivity index (χ0) is 12.0. The highest BCUT2D eigenvalue weighted by atomic mass is 16.7. The molecule has 4 nitrogen and oxygen atoms in total. The van der Waals surface area contributed by atoms with Crippen molar-refractivity contribution in [1.82, 2.24) is 0 Å². The average Bonchev–Trinajstić information content (AvgIpc) is 2.22. The van der Waals surface area contributed by atoms with Crippen LogP contribution < -0.4 is 0 Å². The lowest BCUT2D eigenvalue weighted by atomic mass is 10.1. The van der Waals surface area contributed by atoms with Crippen LogP contribution >= 0.6 is 0 Å². The molecule has 1 rings (SSSR count). The van der Waals surface area contributed by atoms with Gasteiger partial charge in [-0.25, -0.2) is 0 Å². The van der Waals surface area contributed by atoms with Gasteiger partial charge in [-0.15, -0.1) is 6.58 Å². The third-order valence-corrected chi connectivity index (χ3v) is 2.19. The van der Waals surface area contributed by atoms with Gasteiger partial charge in [0.15, 0.2) is 5.78 Å². The van der Waals surface area contributed by atoms with Crippen molar-refractivity contribution in [3.63, 3.8) is 0 Å². The Balaban J connectivity index is 2.46. The molecule has 2 unspecified atom stereocenters. The molecule has 0 saturated carbocycles. The third-order valence-electron chi connectivity index (χ3n) is 2.19. The molecule has 0 radical (unpaired) electrons. The van der Waals surface area contributed by atoms with Crippen molar-refractivity contribution in [2.24, 2.45) is 0 Å². The molecule has 1 aliphatic heterocycles. The SMILES string of the molecule is C=CCCCC1OC(OC(C)=O)C=CC1=O. The van der Waals surface area contributed by atoms with Crippen molar-refractivity contribution in [1.29, 1.82) is 0 Å². The van der Waals surface area contributed by atoms with Gasteiger partial charge in [0.1, 0.15) is 6.10 Å². The first-order chi connectivity index (χ1) is 7.63. The Labute approximate surface area is 94.9 Å².